The second-order valence-corrected chi connectivity index (χ2v) is 5.36. The van der Waals surface area contributed by atoms with Crippen molar-refractivity contribution < 1.29 is 22.9 Å². The molecule has 0 atom stereocenters. The predicted molar refractivity (Wildman–Crippen MR) is 77.2 cm³/mol. The molecule has 126 valence electrons. The third kappa shape index (κ3) is 3.91. The molecule has 2 rings (SSSR count). The summed E-state index contributed by atoms with van der Waals surface area (Å²) >= 11 is 0. The zero-order valence-electron chi connectivity index (χ0n) is 12.5. The summed E-state index contributed by atoms with van der Waals surface area (Å²) in [5, 5.41) is 11.1. The number of nitrogens with zero attached hydrogens (tertiary/aromatic N) is 3. The van der Waals surface area contributed by atoms with Gasteiger partial charge in [-0.2, -0.15) is 13.2 Å². The number of alkyl halides is 3. The summed E-state index contributed by atoms with van der Waals surface area (Å²) in [5.74, 6) is 0.0281. The van der Waals surface area contributed by atoms with Crippen molar-refractivity contribution in [2.75, 3.05) is 31.6 Å². The lowest BCUT2D eigenvalue weighted by Gasteiger charge is -2.23. The lowest BCUT2D eigenvalue weighted by atomic mass is 10.1. The van der Waals surface area contributed by atoms with E-state index < -0.39 is 22.4 Å². The van der Waals surface area contributed by atoms with Gasteiger partial charge in [-0.05, 0) is 18.6 Å². The number of anilines is 1. The minimum absolute atomic E-state index is 0.0281. The second kappa shape index (κ2) is 6.43. The molecule has 0 spiro atoms. The molecule has 1 aromatic rings. The normalized spacial score (nSPS) is 15.1. The summed E-state index contributed by atoms with van der Waals surface area (Å²) in [6.45, 7) is 1.33. The number of carbonyl (C=O) groups is 1. The summed E-state index contributed by atoms with van der Waals surface area (Å²) in [5.41, 5.74) is -1.57. The van der Waals surface area contributed by atoms with Crippen molar-refractivity contribution in [3.63, 3.8) is 0 Å². The third-order valence-corrected chi connectivity index (χ3v) is 3.79. The Morgan fingerprint density at radius 1 is 1.39 bits per heavy atom. The Kier molecular flexibility index (Phi) is 4.76. The minimum atomic E-state index is -4.64. The fourth-order valence-corrected chi connectivity index (χ4v) is 2.50. The number of benzene rings is 1. The van der Waals surface area contributed by atoms with Gasteiger partial charge in [0.05, 0.1) is 10.5 Å². The van der Waals surface area contributed by atoms with E-state index in [1.54, 1.807) is 11.9 Å². The van der Waals surface area contributed by atoms with Crippen LogP contribution >= 0.6 is 0 Å². The minimum Gasteiger partial charge on any atom is -0.367 e. The van der Waals surface area contributed by atoms with E-state index in [1.165, 1.54) is 4.90 Å². The molecule has 0 aliphatic carbocycles. The van der Waals surface area contributed by atoms with E-state index in [2.05, 4.69) is 0 Å². The molecule has 1 aliphatic heterocycles. The number of carbonyl (C=O) groups excluding carboxylic acids is 1. The molecule has 1 aromatic carbocycles. The van der Waals surface area contributed by atoms with Crippen LogP contribution in [0.15, 0.2) is 18.2 Å². The van der Waals surface area contributed by atoms with Crippen LogP contribution in [-0.4, -0.2) is 42.4 Å². The zero-order valence-corrected chi connectivity index (χ0v) is 12.5. The van der Waals surface area contributed by atoms with E-state index in [-0.39, 0.29) is 11.6 Å². The lowest BCUT2D eigenvalue weighted by molar-refractivity contribution is -0.384. The van der Waals surface area contributed by atoms with Crippen molar-refractivity contribution in [3.8, 4) is 0 Å². The van der Waals surface area contributed by atoms with Gasteiger partial charge in [0.25, 0.3) is 5.69 Å². The van der Waals surface area contributed by atoms with E-state index in [0.717, 1.165) is 18.6 Å². The summed E-state index contributed by atoms with van der Waals surface area (Å²) in [4.78, 5) is 24.9. The first-order chi connectivity index (χ1) is 10.7. The number of nitro groups is 1. The molecule has 0 unspecified atom stereocenters. The molecular weight excluding hydrogens is 315 g/mol. The smallest absolute Gasteiger partial charge is 0.367 e. The predicted octanol–water partition coefficient (Wildman–Crippen LogP) is 2.67. The van der Waals surface area contributed by atoms with E-state index in [4.69, 9.17) is 0 Å². The van der Waals surface area contributed by atoms with Gasteiger partial charge >= 0.3 is 6.18 Å². The molecule has 1 amide bonds. The van der Waals surface area contributed by atoms with Crippen molar-refractivity contribution in [2.24, 2.45) is 0 Å². The molecule has 6 nitrogen and oxygen atoms in total. The first-order valence-electron chi connectivity index (χ1n) is 7.04. The molecule has 1 heterocycles. The molecule has 1 fully saturated rings. The van der Waals surface area contributed by atoms with Crippen LogP contribution in [0.25, 0.3) is 0 Å². The summed E-state index contributed by atoms with van der Waals surface area (Å²) in [6.07, 6.45) is -3.36. The van der Waals surface area contributed by atoms with E-state index in [0.29, 0.717) is 32.1 Å². The van der Waals surface area contributed by atoms with Crippen LogP contribution in [0.4, 0.5) is 24.5 Å². The molecule has 0 radical (unpaired) electrons. The number of amides is 1. The molecule has 0 saturated carbocycles. The molecule has 23 heavy (non-hydrogen) atoms. The van der Waals surface area contributed by atoms with Crippen LogP contribution in [0.2, 0.25) is 0 Å². The summed E-state index contributed by atoms with van der Waals surface area (Å²) in [6, 6.07) is 2.44. The van der Waals surface area contributed by atoms with Crippen molar-refractivity contribution >= 4 is 17.3 Å². The quantitative estimate of drug-likeness (QED) is 0.614. The number of nitro benzene ring substituents is 1. The van der Waals surface area contributed by atoms with E-state index >= 15 is 0 Å². The fourth-order valence-electron chi connectivity index (χ4n) is 2.50. The number of halogens is 3. The number of likely N-dealkylation sites (N-methyl/N-ethyl adjacent to an activating group) is 1. The molecule has 0 bridgehead atoms. The number of hydrogen-bond acceptors (Lipinski definition) is 4. The molecule has 0 aromatic heterocycles. The number of rotatable bonds is 5. The monoisotopic (exact) mass is 331 g/mol. The summed E-state index contributed by atoms with van der Waals surface area (Å²) < 4.78 is 38.0. The molecule has 1 aliphatic rings. The Balaban J connectivity index is 2.17. The van der Waals surface area contributed by atoms with E-state index in [9.17, 15) is 28.1 Å². The Hall–Kier alpha value is -2.32. The number of hydrogen-bond donors (Lipinski definition) is 0. The maximum Gasteiger partial charge on any atom is 0.416 e. The van der Waals surface area contributed by atoms with Gasteiger partial charge in [-0.1, -0.05) is 0 Å². The maximum absolute atomic E-state index is 12.7. The fraction of sp³-hybridized carbons (Fsp3) is 0.500. The Morgan fingerprint density at radius 3 is 2.61 bits per heavy atom. The Labute approximate surface area is 130 Å². The van der Waals surface area contributed by atoms with Gasteiger partial charge in [-0.25, -0.2) is 0 Å². The topological polar surface area (TPSA) is 66.7 Å². The SMILES string of the molecule is CN(CCN1CCCC1=O)c1ccc(C(F)(F)F)cc1[N+](=O)[O-]. The standard InChI is InChI=1S/C14H16F3N3O3/c1-18(7-8-19-6-2-3-13(19)21)11-5-4-10(14(15,16)17)9-12(11)20(22)23/h4-5,9H,2-3,6-8H2,1H3. The van der Waals surface area contributed by atoms with Gasteiger partial charge in [0, 0.05) is 39.2 Å². The number of likely N-dealkylation sites (tertiary alicyclic amines) is 1. The largest absolute Gasteiger partial charge is 0.416 e. The first-order valence-corrected chi connectivity index (χ1v) is 7.04. The van der Waals surface area contributed by atoms with Crippen LogP contribution in [-0.2, 0) is 11.0 Å². The van der Waals surface area contributed by atoms with Crippen molar-refractivity contribution in [2.45, 2.75) is 19.0 Å². The average Bonchev–Trinajstić information content (AvgIpc) is 2.88. The van der Waals surface area contributed by atoms with Crippen LogP contribution in [0, 0.1) is 10.1 Å². The van der Waals surface area contributed by atoms with Gasteiger partial charge in [-0.3, -0.25) is 14.9 Å². The van der Waals surface area contributed by atoms with Gasteiger partial charge < -0.3 is 9.80 Å². The van der Waals surface area contributed by atoms with Crippen LogP contribution < -0.4 is 4.90 Å². The van der Waals surface area contributed by atoms with Crippen LogP contribution in [0.3, 0.4) is 0 Å². The molecule has 1 saturated heterocycles. The van der Waals surface area contributed by atoms with Crippen molar-refractivity contribution in [3.05, 3.63) is 33.9 Å². The van der Waals surface area contributed by atoms with Gasteiger partial charge in [-0.15, -0.1) is 0 Å². The molecular formula is C14H16F3N3O3. The maximum atomic E-state index is 12.7. The summed E-state index contributed by atoms with van der Waals surface area (Å²) in [7, 11) is 1.55. The van der Waals surface area contributed by atoms with Crippen LogP contribution in [0.5, 0.6) is 0 Å². The Bertz CT molecular complexity index is 619. The highest BCUT2D eigenvalue weighted by atomic mass is 19.4. The first kappa shape index (κ1) is 17.0. The van der Waals surface area contributed by atoms with Gasteiger partial charge in [0.1, 0.15) is 5.69 Å². The molecule has 0 N–H and O–H groups in total. The average molecular weight is 331 g/mol. The third-order valence-electron chi connectivity index (χ3n) is 3.79. The van der Waals surface area contributed by atoms with Crippen molar-refractivity contribution in [1.82, 2.24) is 4.90 Å². The highest BCUT2D eigenvalue weighted by Crippen LogP contribution is 2.36. The molecule has 9 heteroatoms. The lowest BCUT2D eigenvalue weighted by Crippen LogP contribution is -2.34. The highest BCUT2D eigenvalue weighted by Gasteiger charge is 2.33. The van der Waals surface area contributed by atoms with E-state index in [1.807, 2.05) is 0 Å². The second-order valence-electron chi connectivity index (χ2n) is 5.36. The van der Waals surface area contributed by atoms with Crippen molar-refractivity contribution in [1.29, 1.82) is 0 Å². The highest BCUT2D eigenvalue weighted by molar-refractivity contribution is 5.78. The van der Waals surface area contributed by atoms with Crippen LogP contribution in [0.1, 0.15) is 18.4 Å². The van der Waals surface area contributed by atoms with Gasteiger partial charge in [0.15, 0.2) is 0 Å². The Morgan fingerprint density at radius 2 is 2.09 bits per heavy atom. The van der Waals surface area contributed by atoms with Gasteiger partial charge in [0.2, 0.25) is 5.91 Å². The zero-order chi connectivity index (χ0) is 17.2.